The summed E-state index contributed by atoms with van der Waals surface area (Å²) in [4.78, 5) is 4.35. The summed E-state index contributed by atoms with van der Waals surface area (Å²) >= 11 is 0. The van der Waals surface area contributed by atoms with Gasteiger partial charge in [0.15, 0.2) is 0 Å². The summed E-state index contributed by atoms with van der Waals surface area (Å²) in [5.41, 5.74) is 0. The van der Waals surface area contributed by atoms with Crippen LogP contribution in [0, 0.1) is 5.92 Å². The molecule has 0 amide bonds. The monoisotopic (exact) mass is 207 g/mol. The van der Waals surface area contributed by atoms with E-state index in [0.717, 1.165) is 31.4 Å². The van der Waals surface area contributed by atoms with Gasteiger partial charge in [0.2, 0.25) is 5.95 Å². The highest BCUT2D eigenvalue weighted by atomic mass is 15.2. The number of hydrogen-bond acceptors (Lipinski definition) is 2. The molecule has 0 bridgehead atoms. The summed E-state index contributed by atoms with van der Waals surface area (Å²) in [6.45, 7) is 4.36. The van der Waals surface area contributed by atoms with Crippen molar-refractivity contribution in [1.29, 1.82) is 0 Å². The van der Waals surface area contributed by atoms with Crippen molar-refractivity contribution in [1.82, 2.24) is 9.55 Å². The highest BCUT2D eigenvalue weighted by Crippen LogP contribution is 2.24. The Morgan fingerprint density at radius 3 is 3.00 bits per heavy atom. The second-order valence-corrected chi connectivity index (χ2v) is 4.48. The van der Waals surface area contributed by atoms with Crippen LogP contribution in [0.2, 0.25) is 0 Å². The predicted molar refractivity (Wildman–Crippen MR) is 63.0 cm³/mol. The van der Waals surface area contributed by atoms with Gasteiger partial charge in [-0.25, -0.2) is 4.98 Å². The average Bonchev–Trinajstić information content (AvgIpc) is 2.85. The number of rotatable bonds is 5. The van der Waals surface area contributed by atoms with Crippen LogP contribution < -0.4 is 5.32 Å². The fourth-order valence-corrected chi connectivity index (χ4v) is 2.35. The van der Waals surface area contributed by atoms with Gasteiger partial charge >= 0.3 is 0 Å². The Labute approximate surface area is 91.9 Å². The van der Waals surface area contributed by atoms with Crippen LogP contribution in [0.5, 0.6) is 0 Å². The number of anilines is 1. The van der Waals surface area contributed by atoms with E-state index < -0.39 is 0 Å². The second kappa shape index (κ2) is 5.19. The molecule has 15 heavy (non-hydrogen) atoms. The van der Waals surface area contributed by atoms with Crippen LogP contribution in [-0.4, -0.2) is 16.1 Å². The zero-order valence-corrected chi connectivity index (χ0v) is 9.58. The molecule has 3 nitrogen and oxygen atoms in total. The van der Waals surface area contributed by atoms with Crippen LogP contribution in [-0.2, 0) is 6.54 Å². The molecule has 0 aromatic carbocycles. The number of nitrogens with one attached hydrogen (secondary N) is 1. The van der Waals surface area contributed by atoms with E-state index in [2.05, 4.69) is 28.0 Å². The first-order chi connectivity index (χ1) is 7.40. The van der Waals surface area contributed by atoms with Gasteiger partial charge in [0.05, 0.1) is 0 Å². The molecule has 1 aliphatic rings. The normalized spacial score (nSPS) is 17.1. The Morgan fingerprint density at radius 1 is 1.47 bits per heavy atom. The lowest BCUT2D eigenvalue weighted by atomic mass is 10.1. The quantitative estimate of drug-likeness (QED) is 0.804. The topological polar surface area (TPSA) is 29.9 Å². The molecule has 1 N–H and O–H groups in total. The molecule has 0 atom stereocenters. The molecule has 3 heteroatoms. The van der Waals surface area contributed by atoms with Crippen molar-refractivity contribution in [2.24, 2.45) is 5.92 Å². The molecule has 0 radical (unpaired) electrons. The number of aromatic nitrogens is 2. The summed E-state index contributed by atoms with van der Waals surface area (Å²) in [6.07, 6.45) is 10.7. The maximum absolute atomic E-state index is 4.35. The molecule has 1 aliphatic carbocycles. The van der Waals surface area contributed by atoms with E-state index in [4.69, 9.17) is 0 Å². The molecule has 0 aliphatic heterocycles. The van der Waals surface area contributed by atoms with E-state index >= 15 is 0 Å². The smallest absolute Gasteiger partial charge is 0.202 e. The zero-order valence-electron chi connectivity index (χ0n) is 9.58. The Hall–Kier alpha value is -0.990. The van der Waals surface area contributed by atoms with Crippen LogP contribution >= 0.6 is 0 Å². The Bertz CT molecular complexity index is 287. The van der Waals surface area contributed by atoms with Crippen molar-refractivity contribution in [2.75, 3.05) is 11.9 Å². The van der Waals surface area contributed by atoms with E-state index in [1.165, 1.54) is 25.7 Å². The molecular formula is C12H21N3. The van der Waals surface area contributed by atoms with Gasteiger partial charge in [-0.2, -0.15) is 0 Å². The minimum atomic E-state index is 0.872. The van der Waals surface area contributed by atoms with Crippen molar-refractivity contribution in [3.63, 3.8) is 0 Å². The van der Waals surface area contributed by atoms with Crippen LogP contribution in [0.25, 0.3) is 0 Å². The average molecular weight is 207 g/mol. The summed E-state index contributed by atoms with van der Waals surface area (Å²) in [6, 6.07) is 0. The molecule has 1 aromatic heterocycles. The predicted octanol–water partition coefficient (Wildman–Crippen LogP) is 2.90. The van der Waals surface area contributed by atoms with Gasteiger partial charge < -0.3 is 9.88 Å². The minimum absolute atomic E-state index is 0.872. The first kappa shape index (κ1) is 10.5. The molecule has 1 saturated carbocycles. The van der Waals surface area contributed by atoms with Crippen molar-refractivity contribution in [2.45, 2.75) is 45.6 Å². The fraction of sp³-hybridized carbons (Fsp3) is 0.750. The summed E-state index contributed by atoms with van der Waals surface area (Å²) in [7, 11) is 0. The number of aryl methyl sites for hydroxylation is 1. The lowest BCUT2D eigenvalue weighted by molar-refractivity contribution is 0.573. The maximum Gasteiger partial charge on any atom is 0.202 e. The highest BCUT2D eigenvalue weighted by molar-refractivity contribution is 5.25. The van der Waals surface area contributed by atoms with Gasteiger partial charge in [-0.1, -0.05) is 19.8 Å². The molecule has 2 rings (SSSR count). The number of hydrogen-bond donors (Lipinski definition) is 1. The van der Waals surface area contributed by atoms with Crippen molar-refractivity contribution in [3.05, 3.63) is 12.4 Å². The van der Waals surface area contributed by atoms with Gasteiger partial charge in [0.1, 0.15) is 0 Å². The van der Waals surface area contributed by atoms with E-state index in [1.807, 2.05) is 6.20 Å². The Balaban J connectivity index is 1.83. The molecule has 1 aromatic rings. The lowest BCUT2D eigenvalue weighted by Gasteiger charge is -2.12. The third-order valence-corrected chi connectivity index (χ3v) is 3.20. The molecule has 0 saturated heterocycles. The van der Waals surface area contributed by atoms with E-state index in [-0.39, 0.29) is 0 Å². The van der Waals surface area contributed by atoms with Gasteiger partial charge in [-0.05, 0) is 25.2 Å². The van der Waals surface area contributed by atoms with Crippen molar-refractivity contribution >= 4 is 5.95 Å². The maximum atomic E-state index is 4.35. The van der Waals surface area contributed by atoms with Crippen molar-refractivity contribution < 1.29 is 0 Å². The van der Waals surface area contributed by atoms with Gasteiger partial charge in [-0.15, -0.1) is 0 Å². The first-order valence-corrected chi connectivity index (χ1v) is 6.15. The summed E-state index contributed by atoms with van der Waals surface area (Å²) in [5, 5.41) is 3.47. The van der Waals surface area contributed by atoms with Gasteiger partial charge in [0, 0.05) is 25.5 Å². The first-order valence-electron chi connectivity index (χ1n) is 6.15. The Morgan fingerprint density at radius 2 is 2.27 bits per heavy atom. The third kappa shape index (κ3) is 2.74. The SMILES string of the molecule is CCCn1ccnc1NCC1CCCC1. The van der Waals surface area contributed by atoms with Gasteiger partial charge in [-0.3, -0.25) is 0 Å². The molecule has 1 fully saturated rings. The lowest BCUT2D eigenvalue weighted by Crippen LogP contribution is -2.14. The summed E-state index contributed by atoms with van der Waals surface area (Å²) < 4.78 is 2.20. The number of imidazole rings is 1. The fourth-order valence-electron chi connectivity index (χ4n) is 2.35. The van der Waals surface area contributed by atoms with E-state index in [0.29, 0.717) is 0 Å². The summed E-state index contributed by atoms with van der Waals surface area (Å²) in [5.74, 6) is 1.92. The number of nitrogens with zero attached hydrogens (tertiary/aromatic N) is 2. The highest BCUT2D eigenvalue weighted by Gasteiger charge is 2.15. The van der Waals surface area contributed by atoms with Crippen LogP contribution in [0.4, 0.5) is 5.95 Å². The second-order valence-electron chi connectivity index (χ2n) is 4.48. The standard InChI is InChI=1S/C12H21N3/c1-2-8-15-9-7-13-12(15)14-10-11-5-3-4-6-11/h7,9,11H,2-6,8,10H2,1H3,(H,13,14). The molecule has 1 heterocycles. The van der Waals surface area contributed by atoms with Crippen LogP contribution in [0.3, 0.4) is 0 Å². The van der Waals surface area contributed by atoms with E-state index in [9.17, 15) is 0 Å². The zero-order chi connectivity index (χ0) is 10.5. The van der Waals surface area contributed by atoms with Gasteiger partial charge in [0.25, 0.3) is 0 Å². The van der Waals surface area contributed by atoms with Crippen LogP contribution in [0.1, 0.15) is 39.0 Å². The third-order valence-electron chi connectivity index (χ3n) is 3.20. The molecule has 84 valence electrons. The molecule has 0 spiro atoms. The molecular weight excluding hydrogens is 186 g/mol. The largest absolute Gasteiger partial charge is 0.355 e. The minimum Gasteiger partial charge on any atom is -0.355 e. The molecule has 0 unspecified atom stereocenters. The van der Waals surface area contributed by atoms with Crippen molar-refractivity contribution in [3.8, 4) is 0 Å². The van der Waals surface area contributed by atoms with E-state index in [1.54, 1.807) is 0 Å². The Kier molecular flexibility index (Phi) is 3.64. The van der Waals surface area contributed by atoms with Crippen LogP contribution in [0.15, 0.2) is 12.4 Å².